The first-order chi connectivity index (χ1) is 18.4. The summed E-state index contributed by atoms with van der Waals surface area (Å²) in [6, 6.07) is 19.2. The van der Waals surface area contributed by atoms with Crippen molar-refractivity contribution in [3.05, 3.63) is 93.5 Å². The van der Waals surface area contributed by atoms with Crippen LogP contribution in [-0.4, -0.2) is 31.4 Å². The van der Waals surface area contributed by atoms with E-state index in [1.54, 1.807) is 31.2 Å². The van der Waals surface area contributed by atoms with Crippen molar-refractivity contribution >= 4 is 41.4 Å². The van der Waals surface area contributed by atoms with Crippen LogP contribution in [0.4, 0.5) is 4.79 Å². The summed E-state index contributed by atoms with van der Waals surface area (Å²) in [6.45, 7) is 4.47. The highest BCUT2D eigenvalue weighted by atomic mass is 35.5. The monoisotopic (exact) mass is 557 g/mol. The molecule has 0 saturated carbocycles. The molecule has 8 nitrogen and oxygen atoms in total. The second kappa shape index (κ2) is 14.9. The lowest BCUT2D eigenvalue weighted by Gasteiger charge is -2.18. The fourth-order valence-electron chi connectivity index (χ4n) is 3.46. The molecule has 3 rings (SSSR count). The summed E-state index contributed by atoms with van der Waals surface area (Å²) in [6.07, 6.45) is 0.808. The van der Waals surface area contributed by atoms with Crippen LogP contribution in [0.5, 0.6) is 11.5 Å². The highest BCUT2D eigenvalue weighted by Gasteiger charge is 2.19. The van der Waals surface area contributed by atoms with E-state index in [2.05, 4.69) is 15.8 Å². The van der Waals surface area contributed by atoms with Gasteiger partial charge in [0.15, 0.2) is 11.5 Å². The smallest absolute Gasteiger partial charge is 0.407 e. The number of hydrogen-bond donors (Lipinski definition) is 2. The molecular weight excluding hydrogens is 529 g/mol. The van der Waals surface area contributed by atoms with Crippen molar-refractivity contribution in [1.29, 1.82) is 0 Å². The minimum atomic E-state index is -0.603. The molecule has 0 aliphatic carbocycles. The molecule has 0 saturated heterocycles. The zero-order valence-electron chi connectivity index (χ0n) is 21.1. The lowest BCUT2D eigenvalue weighted by atomic mass is 10.0. The number of benzene rings is 3. The first kappa shape index (κ1) is 28.8. The Labute approximate surface area is 231 Å². The van der Waals surface area contributed by atoms with Gasteiger partial charge in [0.05, 0.1) is 36.9 Å². The van der Waals surface area contributed by atoms with E-state index in [0.717, 1.165) is 11.1 Å². The third-order valence-corrected chi connectivity index (χ3v) is 5.72. The summed E-state index contributed by atoms with van der Waals surface area (Å²) in [5, 5.41) is 7.72. The van der Waals surface area contributed by atoms with Crippen LogP contribution in [0.2, 0.25) is 10.0 Å². The number of ether oxygens (including phenoxy) is 3. The van der Waals surface area contributed by atoms with Crippen LogP contribution < -0.4 is 20.2 Å². The van der Waals surface area contributed by atoms with Crippen LogP contribution >= 0.6 is 23.2 Å². The average molecular weight is 558 g/mol. The van der Waals surface area contributed by atoms with Gasteiger partial charge in [0.25, 0.3) is 0 Å². The van der Waals surface area contributed by atoms with Gasteiger partial charge in [0.1, 0.15) is 6.61 Å². The van der Waals surface area contributed by atoms with Gasteiger partial charge in [-0.1, -0.05) is 65.7 Å². The molecule has 2 amide bonds. The lowest BCUT2D eigenvalue weighted by Crippen LogP contribution is -2.33. The van der Waals surface area contributed by atoms with Gasteiger partial charge in [-0.3, -0.25) is 4.79 Å². The van der Waals surface area contributed by atoms with Crippen LogP contribution in [-0.2, 0) is 16.1 Å². The molecule has 38 heavy (non-hydrogen) atoms. The summed E-state index contributed by atoms with van der Waals surface area (Å²) in [4.78, 5) is 24.5. The molecule has 2 N–H and O–H groups in total. The summed E-state index contributed by atoms with van der Waals surface area (Å²) in [5.74, 6) is 0.455. The maximum Gasteiger partial charge on any atom is 0.407 e. The number of rotatable bonds is 12. The quantitative estimate of drug-likeness (QED) is 0.201. The minimum absolute atomic E-state index is 0.0391. The van der Waals surface area contributed by atoms with Crippen molar-refractivity contribution in [2.24, 2.45) is 5.10 Å². The summed E-state index contributed by atoms with van der Waals surface area (Å²) in [7, 11) is 0. The Morgan fingerprint density at radius 1 is 0.974 bits per heavy atom. The predicted octanol–water partition coefficient (Wildman–Crippen LogP) is 6.30. The van der Waals surface area contributed by atoms with E-state index in [-0.39, 0.29) is 19.6 Å². The number of carbonyl (C=O) groups excluding carboxylic acids is 2. The van der Waals surface area contributed by atoms with Crippen molar-refractivity contribution < 1.29 is 23.8 Å². The summed E-state index contributed by atoms with van der Waals surface area (Å²) >= 11 is 12.4. The molecule has 0 heterocycles. The van der Waals surface area contributed by atoms with Crippen molar-refractivity contribution in [3.63, 3.8) is 0 Å². The highest BCUT2D eigenvalue weighted by Crippen LogP contribution is 2.37. The van der Waals surface area contributed by atoms with E-state index < -0.39 is 18.0 Å². The van der Waals surface area contributed by atoms with E-state index in [1.165, 1.54) is 6.21 Å². The van der Waals surface area contributed by atoms with Crippen LogP contribution in [0.1, 0.15) is 43.0 Å². The second-order valence-electron chi connectivity index (χ2n) is 8.00. The number of hydrogen-bond acceptors (Lipinski definition) is 6. The van der Waals surface area contributed by atoms with E-state index in [0.29, 0.717) is 33.7 Å². The van der Waals surface area contributed by atoms with Crippen molar-refractivity contribution in [2.45, 2.75) is 32.9 Å². The maximum absolute atomic E-state index is 12.6. The van der Waals surface area contributed by atoms with Crippen LogP contribution in [0.3, 0.4) is 0 Å². The van der Waals surface area contributed by atoms with Crippen LogP contribution in [0.15, 0.2) is 71.8 Å². The second-order valence-corrected chi connectivity index (χ2v) is 8.85. The lowest BCUT2D eigenvalue weighted by molar-refractivity contribution is -0.121. The number of hydrazone groups is 1. The van der Waals surface area contributed by atoms with Gasteiger partial charge >= 0.3 is 6.09 Å². The molecule has 3 aromatic carbocycles. The van der Waals surface area contributed by atoms with Gasteiger partial charge in [0, 0.05) is 5.02 Å². The molecule has 0 spiro atoms. The molecule has 10 heteroatoms. The zero-order valence-corrected chi connectivity index (χ0v) is 22.6. The third-order valence-electron chi connectivity index (χ3n) is 5.19. The van der Waals surface area contributed by atoms with Gasteiger partial charge in [-0.25, -0.2) is 10.2 Å². The Morgan fingerprint density at radius 2 is 1.71 bits per heavy atom. The topological polar surface area (TPSA) is 98.2 Å². The first-order valence-corrected chi connectivity index (χ1v) is 12.8. The van der Waals surface area contributed by atoms with Crippen molar-refractivity contribution in [1.82, 2.24) is 10.7 Å². The molecular formula is C28H29Cl2N3O5. The minimum Gasteiger partial charge on any atom is -0.490 e. The fraction of sp³-hybridized carbons (Fsp3) is 0.250. The Hall–Kier alpha value is -3.75. The van der Waals surface area contributed by atoms with Crippen molar-refractivity contribution in [3.8, 4) is 11.5 Å². The molecule has 0 aliphatic rings. The average Bonchev–Trinajstić information content (AvgIpc) is 2.90. The highest BCUT2D eigenvalue weighted by molar-refractivity contribution is 6.32. The van der Waals surface area contributed by atoms with Gasteiger partial charge in [-0.2, -0.15) is 5.10 Å². The van der Waals surface area contributed by atoms with Crippen molar-refractivity contribution in [2.75, 3.05) is 13.2 Å². The molecule has 0 fully saturated rings. The van der Waals surface area contributed by atoms with E-state index >= 15 is 0 Å². The first-order valence-electron chi connectivity index (χ1n) is 12.0. The number of carbonyl (C=O) groups is 2. The number of halogens is 2. The number of nitrogens with zero attached hydrogens (tertiary/aromatic N) is 1. The largest absolute Gasteiger partial charge is 0.490 e. The van der Waals surface area contributed by atoms with Crippen LogP contribution in [0.25, 0.3) is 0 Å². The Bertz CT molecular complexity index is 1240. The van der Waals surface area contributed by atoms with Gasteiger partial charge < -0.3 is 19.5 Å². The van der Waals surface area contributed by atoms with Gasteiger partial charge in [-0.15, -0.1) is 0 Å². The van der Waals surface area contributed by atoms with Crippen LogP contribution in [0, 0.1) is 0 Å². The van der Waals surface area contributed by atoms with E-state index in [9.17, 15) is 9.59 Å². The molecule has 1 atom stereocenters. The molecule has 0 aliphatic heterocycles. The Morgan fingerprint density at radius 3 is 2.39 bits per heavy atom. The molecule has 3 aromatic rings. The predicted molar refractivity (Wildman–Crippen MR) is 148 cm³/mol. The molecule has 0 aromatic heterocycles. The molecule has 0 bridgehead atoms. The zero-order chi connectivity index (χ0) is 27.3. The summed E-state index contributed by atoms with van der Waals surface area (Å²) < 4.78 is 16.6. The normalized spacial score (nSPS) is 11.6. The Kier molecular flexibility index (Phi) is 11.3. The molecule has 0 unspecified atom stereocenters. The van der Waals surface area contributed by atoms with Gasteiger partial charge in [-0.05, 0) is 54.8 Å². The standard InChI is InChI=1S/C28H29Cl2N3O5/c1-3-36-25-15-20(14-23(30)27(25)38-18-19-10-12-22(29)13-11-19)17-31-33-26(34)16-24(32-28(35)37-4-2)21-8-6-5-7-9-21/h5-15,17,24H,3-4,16,18H2,1-2H3,(H,32,35)(H,33,34)/b31-17-/t24-/m1/s1. The molecule has 0 radical (unpaired) electrons. The molecule has 200 valence electrons. The van der Waals surface area contributed by atoms with E-state index in [1.807, 2.05) is 49.4 Å². The van der Waals surface area contributed by atoms with Gasteiger partial charge in [0.2, 0.25) is 5.91 Å². The number of nitrogens with one attached hydrogen (secondary N) is 2. The maximum atomic E-state index is 12.6. The summed E-state index contributed by atoms with van der Waals surface area (Å²) in [5.41, 5.74) is 4.77. The Balaban J connectivity index is 1.66. The number of alkyl carbamates (subject to hydrolysis) is 1. The van der Waals surface area contributed by atoms with E-state index in [4.69, 9.17) is 37.4 Å². The number of amides is 2. The third kappa shape index (κ3) is 8.97. The SMILES string of the molecule is CCOC(=O)N[C@H](CC(=O)N/N=C\c1cc(Cl)c(OCc2ccc(Cl)cc2)c(OCC)c1)c1ccccc1. The fourth-order valence-corrected chi connectivity index (χ4v) is 3.86.